The molecule has 3 aromatic rings. The highest BCUT2D eigenvalue weighted by atomic mass is 19.1. The number of halogens is 1. The van der Waals surface area contributed by atoms with Crippen LogP contribution in [0.25, 0.3) is 0 Å². The number of hydrogen-bond donors (Lipinski definition) is 1. The predicted molar refractivity (Wildman–Crippen MR) is 107 cm³/mol. The Morgan fingerprint density at radius 2 is 1.71 bits per heavy atom. The average Bonchev–Trinajstić information content (AvgIpc) is 2.73. The quantitative estimate of drug-likeness (QED) is 0.547. The Kier molecular flexibility index (Phi) is 6.63. The second kappa shape index (κ2) is 9.55. The fraction of sp³-hybridized carbons (Fsp3) is 0.174. The van der Waals surface area contributed by atoms with E-state index in [1.807, 2.05) is 36.4 Å². The Morgan fingerprint density at radius 1 is 0.964 bits per heavy atom. The first-order valence-corrected chi connectivity index (χ1v) is 9.11. The molecule has 0 aliphatic heterocycles. The molecule has 0 radical (unpaired) electrons. The normalized spacial score (nSPS) is 10.4. The molecule has 1 N–H and O–H groups in total. The van der Waals surface area contributed by atoms with Crippen molar-refractivity contribution in [3.8, 4) is 5.75 Å². The molecule has 0 aliphatic rings. The molecule has 0 heterocycles. The molecule has 0 fully saturated rings. The fourth-order valence-electron chi connectivity index (χ4n) is 2.64. The highest BCUT2D eigenvalue weighted by Gasteiger charge is 2.05. The topological polar surface area (TPSA) is 47.6 Å². The van der Waals surface area contributed by atoms with E-state index in [4.69, 9.17) is 9.47 Å². The van der Waals surface area contributed by atoms with Crippen molar-refractivity contribution in [2.75, 3.05) is 11.9 Å². The molecule has 0 bridgehead atoms. The van der Waals surface area contributed by atoms with Crippen LogP contribution in [0.1, 0.15) is 28.4 Å². The van der Waals surface area contributed by atoms with Crippen molar-refractivity contribution in [1.82, 2.24) is 0 Å². The van der Waals surface area contributed by atoms with Gasteiger partial charge in [-0.1, -0.05) is 24.3 Å². The molecule has 0 atom stereocenters. The largest absolute Gasteiger partial charge is 0.489 e. The molecular formula is C23H22FNO3. The maximum Gasteiger partial charge on any atom is 0.338 e. The van der Waals surface area contributed by atoms with Gasteiger partial charge in [-0.05, 0) is 66.6 Å². The minimum absolute atomic E-state index is 0.257. The van der Waals surface area contributed by atoms with Crippen molar-refractivity contribution in [1.29, 1.82) is 0 Å². The van der Waals surface area contributed by atoms with Gasteiger partial charge in [-0.2, -0.15) is 0 Å². The molecule has 0 unspecified atom stereocenters. The zero-order valence-corrected chi connectivity index (χ0v) is 15.7. The summed E-state index contributed by atoms with van der Waals surface area (Å²) >= 11 is 0. The summed E-state index contributed by atoms with van der Waals surface area (Å²) in [6.45, 7) is 3.14. The lowest BCUT2D eigenvalue weighted by Gasteiger charge is -2.10. The number of rotatable bonds is 8. The summed E-state index contributed by atoms with van der Waals surface area (Å²) in [7, 11) is 0. The van der Waals surface area contributed by atoms with Gasteiger partial charge in [0, 0.05) is 12.2 Å². The molecule has 0 aliphatic carbocycles. The third-order valence-corrected chi connectivity index (χ3v) is 4.11. The number of esters is 1. The minimum atomic E-state index is -0.319. The molecule has 3 rings (SSSR count). The van der Waals surface area contributed by atoms with Crippen molar-refractivity contribution in [2.24, 2.45) is 0 Å². The third kappa shape index (κ3) is 5.58. The first-order valence-electron chi connectivity index (χ1n) is 9.11. The van der Waals surface area contributed by atoms with Crippen molar-refractivity contribution < 1.29 is 18.7 Å². The van der Waals surface area contributed by atoms with E-state index in [2.05, 4.69) is 5.32 Å². The second-order valence-corrected chi connectivity index (χ2v) is 6.21. The van der Waals surface area contributed by atoms with Crippen LogP contribution in [0.4, 0.5) is 10.1 Å². The van der Waals surface area contributed by atoms with E-state index in [9.17, 15) is 9.18 Å². The molecule has 5 heteroatoms. The number of ether oxygens (including phenoxy) is 2. The molecule has 0 saturated heterocycles. The van der Waals surface area contributed by atoms with E-state index in [1.54, 1.807) is 31.2 Å². The van der Waals surface area contributed by atoms with Gasteiger partial charge in [0.1, 0.15) is 18.2 Å². The summed E-state index contributed by atoms with van der Waals surface area (Å²) in [4.78, 5) is 11.7. The van der Waals surface area contributed by atoms with Crippen molar-refractivity contribution >= 4 is 11.7 Å². The molecule has 3 aromatic carbocycles. The van der Waals surface area contributed by atoms with E-state index in [-0.39, 0.29) is 11.8 Å². The van der Waals surface area contributed by atoms with Crippen molar-refractivity contribution in [2.45, 2.75) is 20.1 Å². The lowest BCUT2D eigenvalue weighted by molar-refractivity contribution is 0.0526. The Morgan fingerprint density at radius 3 is 2.43 bits per heavy atom. The lowest BCUT2D eigenvalue weighted by Crippen LogP contribution is -2.05. The number of hydrogen-bond acceptors (Lipinski definition) is 4. The van der Waals surface area contributed by atoms with Gasteiger partial charge in [0.15, 0.2) is 0 Å². The first kappa shape index (κ1) is 19.4. The fourth-order valence-corrected chi connectivity index (χ4v) is 2.64. The first-order chi connectivity index (χ1) is 13.6. The molecule has 144 valence electrons. The van der Waals surface area contributed by atoms with Gasteiger partial charge in [0.05, 0.1) is 12.2 Å². The van der Waals surface area contributed by atoms with Crippen LogP contribution in [0.2, 0.25) is 0 Å². The van der Waals surface area contributed by atoms with Crippen LogP contribution in [-0.4, -0.2) is 12.6 Å². The third-order valence-electron chi connectivity index (χ3n) is 4.11. The van der Waals surface area contributed by atoms with E-state index in [1.165, 1.54) is 12.1 Å². The summed E-state index contributed by atoms with van der Waals surface area (Å²) in [5, 5.41) is 3.32. The van der Waals surface area contributed by atoms with Crippen LogP contribution in [0, 0.1) is 5.82 Å². The number of anilines is 1. The monoisotopic (exact) mass is 379 g/mol. The van der Waals surface area contributed by atoms with Crippen molar-refractivity contribution in [3.05, 3.63) is 95.3 Å². The van der Waals surface area contributed by atoms with Gasteiger partial charge in [-0.15, -0.1) is 0 Å². The lowest BCUT2D eigenvalue weighted by atomic mass is 10.2. The van der Waals surface area contributed by atoms with E-state index in [0.29, 0.717) is 25.3 Å². The van der Waals surface area contributed by atoms with Crippen LogP contribution >= 0.6 is 0 Å². The van der Waals surface area contributed by atoms with Crippen LogP contribution in [0.3, 0.4) is 0 Å². The number of nitrogens with one attached hydrogen (secondary N) is 1. The van der Waals surface area contributed by atoms with Gasteiger partial charge in [0.2, 0.25) is 0 Å². The van der Waals surface area contributed by atoms with Crippen LogP contribution in [0.5, 0.6) is 5.75 Å². The molecule has 0 aromatic heterocycles. The summed E-state index contributed by atoms with van der Waals surface area (Å²) < 4.78 is 23.7. The van der Waals surface area contributed by atoms with Gasteiger partial charge in [-0.3, -0.25) is 0 Å². The van der Waals surface area contributed by atoms with Gasteiger partial charge >= 0.3 is 5.97 Å². The Hall–Kier alpha value is -3.34. The molecule has 0 saturated carbocycles. The highest BCUT2D eigenvalue weighted by molar-refractivity contribution is 5.89. The Labute approximate surface area is 163 Å². The Bertz CT molecular complexity index is 908. The average molecular weight is 379 g/mol. The van der Waals surface area contributed by atoms with E-state index < -0.39 is 0 Å². The van der Waals surface area contributed by atoms with E-state index >= 15 is 0 Å². The number of benzene rings is 3. The maximum absolute atomic E-state index is 13.0. The standard InChI is InChI=1S/C23H22FNO3/c1-2-27-23(26)19-8-12-21(13-9-19)25-15-18-4-3-5-22(14-18)28-16-17-6-10-20(24)11-7-17/h3-14,25H,2,15-16H2,1H3. The molecular weight excluding hydrogens is 357 g/mol. The van der Waals surface area contributed by atoms with Crippen LogP contribution < -0.4 is 10.1 Å². The predicted octanol–water partition coefficient (Wildman–Crippen LogP) is 5.19. The SMILES string of the molecule is CCOC(=O)c1ccc(NCc2cccc(OCc3ccc(F)cc3)c2)cc1. The summed E-state index contributed by atoms with van der Waals surface area (Å²) in [6, 6.07) is 21.2. The summed E-state index contributed by atoms with van der Waals surface area (Å²) in [6.07, 6.45) is 0. The maximum atomic E-state index is 13.0. The van der Waals surface area contributed by atoms with Gasteiger partial charge < -0.3 is 14.8 Å². The smallest absolute Gasteiger partial charge is 0.338 e. The Balaban J connectivity index is 1.54. The molecule has 0 spiro atoms. The van der Waals surface area contributed by atoms with Gasteiger partial charge in [-0.25, -0.2) is 9.18 Å². The molecule has 4 nitrogen and oxygen atoms in total. The summed E-state index contributed by atoms with van der Waals surface area (Å²) in [5.41, 5.74) is 3.41. The molecule has 28 heavy (non-hydrogen) atoms. The minimum Gasteiger partial charge on any atom is -0.489 e. The van der Waals surface area contributed by atoms with Gasteiger partial charge in [0.25, 0.3) is 0 Å². The highest BCUT2D eigenvalue weighted by Crippen LogP contribution is 2.17. The zero-order valence-electron chi connectivity index (χ0n) is 15.7. The van der Waals surface area contributed by atoms with E-state index in [0.717, 1.165) is 22.6 Å². The second-order valence-electron chi connectivity index (χ2n) is 6.21. The van der Waals surface area contributed by atoms with Crippen molar-refractivity contribution in [3.63, 3.8) is 0 Å². The zero-order chi connectivity index (χ0) is 19.8. The van der Waals surface area contributed by atoms with Crippen LogP contribution in [0.15, 0.2) is 72.8 Å². The molecule has 0 amide bonds. The number of carbonyl (C=O) groups is 1. The van der Waals surface area contributed by atoms with Crippen LogP contribution in [-0.2, 0) is 17.9 Å². The summed E-state index contributed by atoms with van der Waals surface area (Å²) in [5.74, 6) is 0.174. The number of carbonyl (C=O) groups excluding carboxylic acids is 1.